The number of carbonyl (C=O) groups excluding carboxylic acids is 2. The van der Waals surface area contributed by atoms with Crippen LogP contribution in [0.2, 0.25) is 0 Å². The van der Waals surface area contributed by atoms with Gasteiger partial charge in [0.2, 0.25) is 11.8 Å². The average Bonchev–Trinajstić information content (AvgIpc) is 3.07. The molecule has 0 bridgehead atoms. The Kier molecular flexibility index (Phi) is 5.71. The average molecular weight is 354 g/mol. The maximum Gasteiger partial charge on any atom is 0.230 e. The van der Waals surface area contributed by atoms with Gasteiger partial charge in [0.25, 0.3) is 0 Å². The molecule has 1 aromatic heterocycles. The van der Waals surface area contributed by atoms with Crippen molar-refractivity contribution in [2.45, 2.75) is 39.7 Å². The standard InChI is InChI=1S/C20H26N4O2/c1-3-19(25)23-11-5-8-17(14-23)20(26)22-18-9-10-21-24(18)13-16-7-4-6-15(2)12-16/h4,6-7,9-10,12,17H,3,5,8,11,13-14H2,1-2H3,(H,22,26). The number of aryl methyl sites for hydroxylation is 1. The Morgan fingerprint density at radius 3 is 2.92 bits per heavy atom. The van der Waals surface area contributed by atoms with Gasteiger partial charge in [-0.2, -0.15) is 5.10 Å². The third-order valence-electron chi connectivity index (χ3n) is 4.83. The van der Waals surface area contributed by atoms with Gasteiger partial charge in [0, 0.05) is 25.6 Å². The summed E-state index contributed by atoms with van der Waals surface area (Å²) in [5.41, 5.74) is 2.34. The number of hydrogen-bond donors (Lipinski definition) is 1. The third kappa shape index (κ3) is 4.31. The van der Waals surface area contributed by atoms with Crippen LogP contribution in [-0.4, -0.2) is 39.6 Å². The molecule has 0 radical (unpaired) electrons. The van der Waals surface area contributed by atoms with Crippen molar-refractivity contribution in [3.63, 3.8) is 0 Å². The van der Waals surface area contributed by atoms with Crippen molar-refractivity contribution < 1.29 is 9.59 Å². The van der Waals surface area contributed by atoms with Gasteiger partial charge in [-0.3, -0.25) is 9.59 Å². The quantitative estimate of drug-likeness (QED) is 0.898. The predicted octanol–water partition coefficient (Wildman–Crippen LogP) is 2.83. The summed E-state index contributed by atoms with van der Waals surface area (Å²) in [5, 5.41) is 7.33. The van der Waals surface area contributed by atoms with Crippen molar-refractivity contribution in [1.82, 2.24) is 14.7 Å². The SMILES string of the molecule is CCC(=O)N1CCCC(C(=O)Nc2ccnn2Cc2cccc(C)c2)C1. The highest BCUT2D eigenvalue weighted by atomic mass is 16.2. The monoisotopic (exact) mass is 354 g/mol. The molecule has 2 heterocycles. The number of benzene rings is 1. The molecule has 1 aliphatic rings. The second-order valence-electron chi connectivity index (χ2n) is 6.88. The molecule has 2 aromatic rings. The molecule has 6 nitrogen and oxygen atoms in total. The first-order valence-electron chi connectivity index (χ1n) is 9.23. The van der Waals surface area contributed by atoms with Gasteiger partial charge in [0.05, 0.1) is 18.7 Å². The van der Waals surface area contributed by atoms with E-state index in [1.54, 1.807) is 15.8 Å². The third-order valence-corrected chi connectivity index (χ3v) is 4.83. The van der Waals surface area contributed by atoms with Crippen LogP contribution in [0.5, 0.6) is 0 Å². The van der Waals surface area contributed by atoms with Gasteiger partial charge < -0.3 is 10.2 Å². The molecule has 1 aromatic carbocycles. The zero-order chi connectivity index (χ0) is 18.5. The molecule has 1 N–H and O–H groups in total. The molecular weight excluding hydrogens is 328 g/mol. The molecule has 3 rings (SSSR count). The van der Waals surface area contributed by atoms with E-state index < -0.39 is 0 Å². The van der Waals surface area contributed by atoms with Gasteiger partial charge in [0.1, 0.15) is 5.82 Å². The highest BCUT2D eigenvalue weighted by Gasteiger charge is 2.28. The van der Waals surface area contributed by atoms with Crippen molar-refractivity contribution in [3.8, 4) is 0 Å². The summed E-state index contributed by atoms with van der Waals surface area (Å²) in [7, 11) is 0. The van der Waals surface area contributed by atoms with Gasteiger partial charge in [0.15, 0.2) is 0 Å². The van der Waals surface area contributed by atoms with Crippen molar-refractivity contribution in [2.75, 3.05) is 18.4 Å². The summed E-state index contributed by atoms with van der Waals surface area (Å²) in [6.45, 7) is 5.78. The van der Waals surface area contributed by atoms with E-state index in [2.05, 4.69) is 35.5 Å². The second-order valence-corrected chi connectivity index (χ2v) is 6.88. The summed E-state index contributed by atoms with van der Waals surface area (Å²) in [6.07, 6.45) is 3.86. The van der Waals surface area contributed by atoms with E-state index in [0.717, 1.165) is 24.9 Å². The lowest BCUT2D eigenvalue weighted by Gasteiger charge is -2.31. The molecule has 0 spiro atoms. The number of likely N-dealkylation sites (tertiary alicyclic amines) is 1. The van der Waals surface area contributed by atoms with Crippen molar-refractivity contribution >= 4 is 17.6 Å². The number of carbonyl (C=O) groups is 2. The molecule has 0 aliphatic carbocycles. The first-order valence-corrected chi connectivity index (χ1v) is 9.23. The number of aromatic nitrogens is 2. The van der Waals surface area contributed by atoms with Gasteiger partial charge in [-0.05, 0) is 25.3 Å². The van der Waals surface area contributed by atoms with Crippen LogP contribution in [0, 0.1) is 12.8 Å². The fourth-order valence-corrected chi connectivity index (χ4v) is 3.42. The van der Waals surface area contributed by atoms with Gasteiger partial charge >= 0.3 is 0 Å². The number of amides is 2. The Morgan fingerprint density at radius 2 is 2.15 bits per heavy atom. The highest BCUT2D eigenvalue weighted by molar-refractivity contribution is 5.92. The molecule has 138 valence electrons. The second kappa shape index (κ2) is 8.17. The first-order chi connectivity index (χ1) is 12.6. The summed E-state index contributed by atoms with van der Waals surface area (Å²) < 4.78 is 1.80. The number of piperidine rings is 1. The van der Waals surface area contributed by atoms with E-state index in [1.165, 1.54) is 5.56 Å². The normalized spacial score (nSPS) is 17.2. The van der Waals surface area contributed by atoms with E-state index >= 15 is 0 Å². The lowest BCUT2D eigenvalue weighted by atomic mass is 9.97. The number of hydrogen-bond acceptors (Lipinski definition) is 3. The molecule has 1 fully saturated rings. The van der Waals surface area contributed by atoms with Gasteiger partial charge in [-0.1, -0.05) is 36.8 Å². The molecule has 2 amide bonds. The summed E-state index contributed by atoms with van der Waals surface area (Å²) in [5.74, 6) is 0.605. The number of anilines is 1. The minimum atomic E-state index is -0.165. The molecule has 1 saturated heterocycles. The lowest BCUT2D eigenvalue weighted by Crippen LogP contribution is -2.43. The van der Waals surface area contributed by atoms with Crippen LogP contribution < -0.4 is 5.32 Å². The number of nitrogens with zero attached hydrogens (tertiary/aromatic N) is 3. The Hall–Kier alpha value is -2.63. The maximum absolute atomic E-state index is 12.7. The molecule has 1 atom stereocenters. The molecule has 1 unspecified atom stereocenters. The summed E-state index contributed by atoms with van der Waals surface area (Å²) >= 11 is 0. The Bertz CT molecular complexity index is 784. The van der Waals surface area contributed by atoms with Crippen molar-refractivity contribution in [2.24, 2.45) is 5.92 Å². The predicted molar refractivity (Wildman–Crippen MR) is 101 cm³/mol. The van der Waals surface area contributed by atoms with E-state index in [9.17, 15) is 9.59 Å². The van der Waals surface area contributed by atoms with Crippen LogP contribution >= 0.6 is 0 Å². The van der Waals surface area contributed by atoms with Crippen LogP contribution in [0.3, 0.4) is 0 Å². The Labute approximate surface area is 154 Å². The van der Waals surface area contributed by atoms with E-state index in [0.29, 0.717) is 25.3 Å². The fraction of sp³-hybridized carbons (Fsp3) is 0.450. The van der Waals surface area contributed by atoms with Gasteiger partial charge in [-0.25, -0.2) is 4.68 Å². The molecule has 26 heavy (non-hydrogen) atoms. The van der Waals surface area contributed by atoms with E-state index in [-0.39, 0.29) is 17.7 Å². The lowest BCUT2D eigenvalue weighted by molar-refractivity contribution is -0.134. The highest BCUT2D eigenvalue weighted by Crippen LogP contribution is 2.20. The van der Waals surface area contributed by atoms with Crippen LogP contribution in [0.25, 0.3) is 0 Å². The molecular formula is C20H26N4O2. The van der Waals surface area contributed by atoms with Crippen molar-refractivity contribution in [1.29, 1.82) is 0 Å². The van der Waals surface area contributed by atoms with Crippen LogP contribution in [0.4, 0.5) is 5.82 Å². The molecule has 1 aliphatic heterocycles. The van der Waals surface area contributed by atoms with E-state index in [4.69, 9.17) is 0 Å². The Morgan fingerprint density at radius 1 is 1.31 bits per heavy atom. The zero-order valence-electron chi connectivity index (χ0n) is 15.4. The smallest absolute Gasteiger partial charge is 0.230 e. The summed E-state index contributed by atoms with van der Waals surface area (Å²) in [6, 6.07) is 10.1. The van der Waals surface area contributed by atoms with Crippen LogP contribution in [0.1, 0.15) is 37.3 Å². The minimum Gasteiger partial charge on any atom is -0.342 e. The minimum absolute atomic E-state index is 0.0374. The first kappa shape index (κ1) is 18.2. The fourth-order valence-electron chi connectivity index (χ4n) is 3.42. The number of nitrogens with one attached hydrogen (secondary N) is 1. The topological polar surface area (TPSA) is 67.2 Å². The zero-order valence-corrected chi connectivity index (χ0v) is 15.4. The largest absolute Gasteiger partial charge is 0.342 e. The van der Waals surface area contributed by atoms with Gasteiger partial charge in [-0.15, -0.1) is 0 Å². The van der Waals surface area contributed by atoms with Crippen molar-refractivity contribution in [3.05, 3.63) is 47.7 Å². The Balaban J connectivity index is 1.65. The summed E-state index contributed by atoms with van der Waals surface area (Å²) in [4.78, 5) is 26.4. The van der Waals surface area contributed by atoms with Crippen LogP contribution in [-0.2, 0) is 16.1 Å². The molecule has 0 saturated carbocycles. The number of rotatable bonds is 5. The van der Waals surface area contributed by atoms with Crippen LogP contribution in [0.15, 0.2) is 36.5 Å². The van der Waals surface area contributed by atoms with E-state index in [1.807, 2.05) is 19.1 Å². The maximum atomic E-state index is 12.7. The molecule has 6 heteroatoms.